The molecule has 3 N–H and O–H groups in total. The van der Waals surface area contributed by atoms with Crippen molar-refractivity contribution in [3.63, 3.8) is 0 Å². The second-order valence-electron chi connectivity index (χ2n) is 6.46. The zero-order chi connectivity index (χ0) is 21.9. The Morgan fingerprint density at radius 3 is 2.40 bits per heavy atom. The lowest BCUT2D eigenvalue weighted by Gasteiger charge is -2.11. The number of methoxy groups -OCH3 is 1. The van der Waals surface area contributed by atoms with Crippen LogP contribution < -0.4 is 14.8 Å². The average molecular weight is 430 g/mol. The molecule has 0 aliphatic heterocycles. The summed E-state index contributed by atoms with van der Waals surface area (Å²) >= 11 is 0. The molecule has 3 rings (SSSR count). The van der Waals surface area contributed by atoms with Gasteiger partial charge in [0.1, 0.15) is 5.75 Å². The first kappa shape index (κ1) is 21.1. The summed E-state index contributed by atoms with van der Waals surface area (Å²) in [6, 6.07) is 15.1. The van der Waals surface area contributed by atoms with E-state index in [1.54, 1.807) is 36.4 Å². The molecule has 0 aromatic heterocycles. The van der Waals surface area contributed by atoms with Crippen LogP contribution in [0.4, 0.5) is 15.8 Å². The molecule has 30 heavy (non-hydrogen) atoms. The van der Waals surface area contributed by atoms with Crippen LogP contribution in [0.25, 0.3) is 11.1 Å². The monoisotopic (exact) mass is 430 g/mol. The summed E-state index contributed by atoms with van der Waals surface area (Å²) in [4.78, 5) is 12.5. The van der Waals surface area contributed by atoms with E-state index in [4.69, 9.17) is 4.74 Å². The third-order valence-corrected chi connectivity index (χ3v) is 4.77. The molecule has 0 spiro atoms. The van der Waals surface area contributed by atoms with Gasteiger partial charge in [0.2, 0.25) is 10.0 Å². The number of sulfonamides is 1. The molecule has 156 valence electrons. The summed E-state index contributed by atoms with van der Waals surface area (Å²) in [6.07, 6.45) is 0.951. The van der Waals surface area contributed by atoms with E-state index in [9.17, 15) is 22.7 Å². The van der Waals surface area contributed by atoms with Crippen LogP contribution >= 0.6 is 0 Å². The molecular formula is C21H19FN2O5S. The number of halogens is 1. The van der Waals surface area contributed by atoms with E-state index < -0.39 is 21.7 Å². The maximum absolute atomic E-state index is 13.9. The van der Waals surface area contributed by atoms with Gasteiger partial charge in [-0.25, -0.2) is 12.8 Å². The van der Waals surface area contributed by atoms with Crippen LogP contribution in [0.1, 0.15) is 10.4 Å². The molecule has 0 unspecified atom stereocenters. The number of benzene rings is 3. The molecule has 0 radical (unpaired) electrons. The van der Waals surface area contributed by atoms with Crippen LogP contribution in [0, 0.1) is 5.82 Å². The second-order valence-corrected chi connectivity index (χ2v) is 8.21. The van der Waals surface area contributed by atoms with Crippen molar-refractivity contribution in [2.45, 2.75) is 0 Å². The predicted octanol–water partition coefficient (Wildman–Crippen LogP) is 3.83. The molecule has 0 bridgehead atoms. The van der Waals surface area contributed by atoms with Crippen molar-refractivity contribution in [3.8, 4) is 22.6 Å². The topological polar surface area (TPSA) is 105 Å². The smallest absolute Gasteiger partial charge is 0.255 e. The quantitative estimate of drug-likeness (QED) is 0.407. The first-order valence-electron chi connectivity index (χ1n) is 8.73. The highest BCUT2D eigenvalue weighted by molar-refractivity contribution is 7.92. The number of phenols is 1. The largest absolute Gasteiger partial charge is 0.506 e. The summed E-state index contributed by atoms with van der Waals surface area (Å²) in [5, 5.41) is 12.4. The molecule has 0 aliphatic carbocycles. The summed E-state index contributed by atoms with van der Waals surface area (Å²) < 4.78 is 44.0. The lowest BCUT2D eigenvalue weighted by atomic mass is 10.0. The number of phenolic OH excluding ortho intramolecular Hbond substituents is 1. The summed E-state index contributed by atoms with van der Waals surface area (Å²) in [5.74, 6) is -1.08. The Morgan fingerprint density at radius 1 is 1.07 bits per heavy atom. The van der Waals surface area contributed by atoms with Crippen LogP contribution in [-0.2, 0) is 10.0 Å². The molecule has 3 aromatic rings. The van der Waals surface area contributed by atoms with Gasteiger partial charge in [0.05, 0.1) is 19.1 Å². The third kappa shape index (κ3) is 4.87. The molecule has 3 aromatic carbocycles. The Labute approximate surface area is 173 Å². The van der Waals surface area contributed by atoms with Crippen molar-refractivity contribution in [2.75, 3.05) is 23.4 Å². The molecule has 0 saturated heterocycles. The minimum absolute atomic E-state index is 0.0520. The number of ether oxygens (including phenoxy) is 1. The van der Waals surface area contributed by atoms with E-state index in [1.165, 1.54) is 31.4 Å². The van der Waals surface area contributed by atoms with Crippen molar-refractivity contribution in [2.24, 2.45) is 0 Å². The zero-order valence-corrected chi connectivity index (χ0v) is 17.0. The average Bonchev–Trinajstić information content (AvgIpc) is 2.69. The Hall–Kier alpha value is -3.59. The Bertz CT molecular complexity index is 1190. The Balaban J connectivity index is 1.81. The molecule has 0 heterocycles. The van der Waals surface area contributed by atoms with Crippen LogP contribution in [-0.4, -0.2) is 32.8 Å². The van der Waals surface area contributed by atoms with E-state index in [1.807, 2.05) is 0 Å². The van der Waals surface area contributed by atoms with E-state index in [2.05, 4.69) is 10.0 Å². The van der Waals surface area contributed by atoms with Gasteiger partial charge in [0.15, 0.2) is 11.6 Å². The zero-order valence-electron chi connectivity index (χ0n) is 16.1. The van der Waals surface area contributed by atoms with E-state index in [-0.39, 0.29) is 17.2 Å². The minimum Gasteiger partial charge on any atom is -0.506 e. The number of para-hydroxylation sites is 1. The van der Waals surface area contributed by atoms with Gasteiger partial charge >= 0.3 is 0 Å². The van der Waals surface area contributed by atoms with Crippen molar-refractivity contribution >= 4 is 27.3 Å². The molecule has 9 heteroatoms. The van der Waals surface area contributed by atoms with E-state index >= 15 is 0 Å². The van der Waals surface area contributed by atoms with E-state index in [0.717, 1.165) is 6.26 Å². The van der Waals surface area contributed by atoms with Crippen molar-refractivity contribution in [1.29, 1.82) is 0 Å². The number of rotatable bonds is 6. The highest BCUT2D eigenvalue weighted by Crippen LogP contribution is 2.32. The van der Waals surface area contributed by atoms with Crippen LogP contribution in [0.15, 0.2) is 60.7 Å². The molecule has 0 fully saturated rings. The number of nitrogens with one attached hydrogen (secondary N) is 2. The minimum atomic E-state index is -3.60. The van der Waals surface area contributed by atoms with Crippen LogP contribution in [0.5, 0.6) is 11.5 Å². The first-order valence-corrected chi connectivity index (χ1v) is 10.6. The highest BCUT2D eigenvalue weighted by atomic mass is 32.2. The summed E-state index contributed by atoms with van der Waals surface area (Å²) in [6.45, 7) is 0. The van der Waals surface area contributed by atoms with E-state index in [0.29, 0.717) is 22.4 Å². The van der Waals surface area contributed by atoms with Crippen LogP contribution in [0.2, 0.25) is 0 Å². The van der Waals surface area contributed by atoms with Gasteiger partial charge in [0.25, 0.3) is 5.91 Å². The van der Waals surface area contributed by atoms with Gasteiger partial charge in [-0.2, -0.15) is 0 Å². The third-order valence-electron chi connectivity index (χ3n) is 4.18. The van der Waals surface area contributed by atoms with Gasteiger partial charge in [-0.1, -0.05) is 24.3 Å². The van der Waals surface area contributed by atoms with Gasteiger partial charge in [-0.3, -0.25) is 9.52 Å². The standard InChI is InChI=1S/C21H19FN2O5S/c1-29-20-16(4-3-5-17(20)22)13-6-8-14(9-7-13)21(26)23-15-10-11-19(25)18(12-15)24-30(2,27)28/h3-12,24-25H,1-2H3,(H,23,26). The van der Waals surface area contributed by atoms with Gasteiger partial charge in [-0.05, 0) is 42.0 Å². The van der Waals surface area contributed by atoms with Gasteiger partial charge in [0, 0.05) is 16.8 Å². The summed E-state index contributed by atoms with van der Waals surface area (Å²) in [7, 11) is -2.21. The van der Waals surface area contributed by atoms with Crippen molar-refractivity contribution in [3.05, 3.63) is 72.0 Å². The van der Waals surface area contributed by atoms with Crippen molar-refractivity contribution in [1.82, 2.24) is 0 Å². The first-order chi connectivity index (χ1) is 14.2. The number of amides is 1. The number of aromatic hydroxyl groups is 1. The molecule has 0 saturated carbocycles. The maximum atomic E-state index is 13.9. The molecule has 1 amide bonds. The van der Waals surface area contributed by atoms with Gasteiger partial charge < -0.3 is 15.2 Å². The fourth-order valence-electron chi connectivity index (χ4n) is 2.84. The SMILES string of the molecule is COc1c(F)cccc1-c1ccc(C(=O)Nc2ccc(O)c(NS(C)(=O)=O)c2)cc1. The number of carbonyl (C=O) groups is 1. The van der Waals surface area contributed by atoms with Crippen LogP contribution in [0.3, 0.4) is 0 Å². The lowest BCUT2D eigenvalue weighted by Crippen LogP contribution is -2.13. The van der Waals surface area contributed by atoms with Crippen molar-refractivity contribution < 1.29 is 27.4 Å². The Morgan fingerprint density at radius 2 is 1.77 bits per heavy atom. The lowest BCUT2D eigenvalue weighted by molar-refractivity contribution is 0.102. The highest BCUT2D eigenvalue weighted by Gasteiger charge is 2.13. The fourth-order valence-corrected chi connectivity index (χ4v) is 3.41. The summed E-state index contributed by atoms with van der Waals surface area (Å²) in [5.41, 5.74) is 1.80. The Kier molecular flexibility index (Phi) is 5.93. The maximum Gasteiger partial charge on any atom is 0.255 e. The fraction of sp³-hybridized carbons (Fsp3) is 0.0952. The molecular weight excluding hydrogens is 411 g/mol. The number of carbonyl (C=O) groups excluding carboxylic acids is 1. The normalized spacial score (nSPS) is 11.0. The number of hydrogen-bond acceptors (Lipinski definition) is 5. The number of hydrogen-bond donors (Lipinski definition) is 3. The number of anilines is 2. The molecule has 0 aliphatic rings. The molecule has 0 atom stereocenters. The predicted molar refractivity (Wildman–Crippen MR) is 113 cm³/mol. The second kappa shape index (κ2) is 8.42. The molecule has 7 nitrogen and oxygen atoms in total. The van der Waals surface area contributed by atoms with Gasteiger partial charge in [-0.15, -0.1) is 0 Å².